The Labute approximate surface area is 201 Å². The van der Waals surface area contributed by atoms with Crippen molar-refractivity contribution >= 4 is 11.7 Å². The summed E-state index contributed by atoms with van der Waals surface area (Å²) in [6, 6.07) is 15.7. The second-order valence-electron chi connectivity index (χ2n) is 8.49. The highest BCUT2D eigenvalue weighted by Gasteiger charge is 2.24. The summed E-state index contributed by atoms with van der Waals surface area (Å²) in [7, 11) is 0. The molecule has 0 spiro atoms. The van der Waals surface area contributed by atoms with Crippen molar-refractivity contribution in [1.29, 1.82) is 0 Å². The van der Waals surface area contributed by atoms with E-state index < -0.39 is 0 Å². The van der Waals surface area contributed by atoms with Gasteiger partial charge in [0.25, 0.3) is 0 Å². The molecule has 7 nitrogen and oxygen atoms in total. The van der Waals surface area contributed by atoms with Gasteiger partial charge in [-0.15, -0.1) is 5.10 Å². The maximum absolute atomic E-state index is 13.5. The molecule has 1 aliphatic rings. The standard InChI is InChI=1S/C26H24F2N6O/c1-18-2-11-23(29-16-18)32-12-14-33(15-13-32)24(35)17-34-26(20-5-9-22(28)10-6-20)30-25(31-34)19-3-7-21(27)8-4-19/h2-11,16H,12-15,17H2,1H3. The fourth-order valence-electron chi connectivity index (χ4n) is 4.05. The number of pyridine rings is 1. The minimum absolute atomic E-state index is 0.0102. The minimum Gasteiger partial charge on any atom is -0.353 e. The Morgan fingerprint density at radius 2 is 1.49 bits per heavy atom. The van der Waals surface area contributed by atoms with Crippen LogP contribution < -0.4 is 4.90 Å². The molecule has 1 fully saturated rings. The molecule has 0 saturated carbocycles. The summed E-state index contributed by atoms with van der Waals surface area (Å²) in [5.74, 6) is 0.909. The number of benzene rings is 2. The lowest BCUT2D eigenvalue weighted by Gasteiger charge is -2.35. The van der Waals surface area contributed by atoms with Crippen molar-refractivity contribution in [3.63, 3.8) is 0 Å². The maximum Gasteiger partial charge on any atom is 0.244 e. The van der Waals surface area contributed by atoms with E-state index in [-0.39, 0.29) is 24.1 Å². The molecule has 0 N–H and O–H groups in total. The van der Waals surface area contributed by atoms with Crippen LogP contribution in [0.1, 0.15) is 5.56 Å². The number of piperazine rings is 1. The Kier molecular flexibility index (Phi) is 6.22. The van der Waals surface area contributed by atoms with E-state index in [4.69, 9.17) is 0 Å². The first-order chi connectivity index (χ1) is 17.0. The van der Waals surface area contributed by atoms with Crippen LogP contribution in [0.5, 0.6) is 0 Å². The third-order valence-electron chi connectivity index (χ3n) is 6.01. The Balaban J connectivity index is 1.34. The molecule has 3 heterocycles. The second-order valence-corrected chi connectivity index (χ2v) is 8.49. The van der Waals surface area contributed by atoms with Crippen LogP contribution in [0.25, 0.3) is 22.8 Å². The predicted octanol–water partition coefficient (Wildman–Crippen LogP) is 3.94. The molecule has 178 valence electrons. The lowest BCUT2D eigenvalue weighted by Crippen LogP contribution is -2.50. The molecule has 0 unspecified atom stereocenters. The van der Waals surface area contributed by atoms with Gasteiger partial charge in [0.2, 0.25) is 5.91 Å². The molecule has 0 aliphatic carbocycles. The first-order valence-corrected chi connectivity index (χ1v) is 11.4. The molecule has 2 aromatic heterocycles. The third-order valence-corrected chi connectivity index (χ3v) is 6.01. The molecule has 4 aromatic rings. The highest BCUT2D eigenvalue weighted by Crippen LogP contribution is 2.24. The molecule has 0 radical (unpaired) electrons. The van der Waals surface area contributed by atoms with E-state index in [1.54, 1.807) is 29.2 Å². The van der Waals surface area contributed by atoms with Crippen LogP contribution in [0.4, 0.5) is 14.6 Å². The molecule has 1 saturated heterocycles. The van der Waals surface area contributed by atoms with E-state index in [0.29, 0.717) is 49.0 Å². The van der Waals surface area contributed by atoms with E-state index in [1.807, 2.05) is 25.3 Å². The number of carbonyl (C=O) groups excluding carboxylic acids is 1. The molecule has 1 aliphatic heterocycles. The molecule has 0 bridgehead atoms. The van der Waals surface area contributed by atoms with Gasteiger partial charge in [-0.2, -0.15) is 0 Å². The zero-order valence-corrected chi connectivity index (χ0v) is 19.2. The summed E-state index contributed by atoms with van der Waals surface area (Å²) in [5, 5.41) is 4.54. The summed E-state index contributed by atoms with van der Waals surface area (Å²) in [5.41, 5.74) is 2.36. The van der Waals surface area contributed by atoms with Crippen LogP contribution in [0, 0.1) is 18.6 Å². The topological polar surface area (TPSA) is 67.2 Å². The second kappa shape index (κ2) is 9.61. The molecule has 0 atom stereocenters. The maximum atomic E-state index is 13.5. The number of nitrogens with zero attached hydrogens (tertiary/aromatic N) is 6. The van der Waals surface area contributed by atoms with Crippen molar-refractivity contribution in [2.45, 2.75) is 13.5 Å². The van der Waals surface area contributed by atoms with Gasteiger partial charge < -0.3 is 9.80 Å². The number of aromatic nitrogens is 4. The van der Waals surface area contributed by atoms with Crippen LogP contribution in [0.15, 0.2) is 66.9 Å². The zero-order chi connectivity index (χ0) is 24.4. The first kappa shape index (κ1) is 22.6. The van der Waals surface area contributed by atoms with E-state index in [9.17, 15) is 13.6 Å². The monoisotopic (exact) mass is 474 g/mol. The van der Waals surface area contributed by atoms with Gasteiger partial charge in [-0.05, 0) is 67.1 Å². The lowest BCUT2D eigenvalue weighted by molar-refractivity contribution is -0.132. The Morgan fingerprint density at radius 3 is 2.09 bits per heavy atom. The van der Waals surface area contributed by atoms with Gasteiger partial charge in [0.15, 0.2) is 11.6 Å². The number of hydrogen-bond donors (Lipinski definition) is 0. The molecule has 35 heavy (non-hydrogen) atoms. The Hall–Kier alpha value is -4.14. The summed E-state index contributed by atoms with van der Waals surface area (Å²) in [6.45, 7) is 4.50. The highest BCUT2D eigenvalue weighted by atomic mass is 19.1. The molecule has 9 heteroatoms. The molecular formula is C26H24F2N6O. The molecule has 5 rings (SSSR count). The van der Waals surface area contributed by atoms with Gasteiger partial charge >= 0.3 is 0 Å². The lowest BCUT2D eigenvalue weighted by atomic mass is 10.2. The molecule has 2 aromatic carbocycles. The van der Waals surface area contributed by atoms with Crippen molar-refractivity contribution in [3.05, 3.63) is 84.1 Å². The summed E-state index contributed by atoms with van der Waals surface area (Å²) >= 11 is 0. The minimum atomic E-state index is -0.365. The first-order valence-electron chi connectivity index (χ1n) is 11.4. The fraction of sp³-hybridized carbons (Fsp3) is 0.231. The van der Waals surface area contributed by atoms with Gasteiger partial charge in [-0.1, -0.05) is 6.07 Å². The van der Waals surface area contributed by atoms with Crippen molar-refractivity contribution < 1.29 is 13.6 Å². The van der Waals surface area contributed by atoms with Gasteiger partial charge in [0.05, 0.1) is 0 Å². The number of rotatable bonds is 5. The van der Waals surface area contributed by atoms with Gasteiger partial charge in [0, 0.05) is 43.5 Å². The smallest absolute Gasteiger partial charge is 0.244 e. The third kappa shape index (κ3) is 5.03. The number of anilines is 1. The van der Waals surface area contributed by atoms with Crippen molar-refractivity contribution in [1.82, 2.24) is 24.6 Å². The summed E-state index contributed by atoms with van der Waals surface area (Å²) in [4.78, 5) is 26.2. The van der Waals surface area contributed by atoms with Gasteiger partial charge in [0.1, 0.15) is 24.0 Å². The summed E-state index contributed by atoms with van der Waals surface area (Å²) in [6.07, 6.45) is 1.84. The average molecular weight is 475 g/mol. The van der Waals surface area contributed by atoms with Crippen LogP contribution in [0.3, 0.4) is 0 Å². The zero-order valence-electron chi connectivity index (χ0n) is 19.2. The van der Waals surface area contributed by atoms with E-state index in [0.717, 1.165) is 11.4 Å². The Morgan fingerprint density at radius 1 is 0.857 bits per heavy atom. The fourth-order valence-corrected chi connectivity index (χ4v) is 4.05. The SMILES string of the molecule is Cc1ccc(N2CCN(C(=O)Cn3nc(-c4ccc(F)cc4)nc3-c3ccc(F)cc3)CC2)nc1. The van der Waals surface area contributed by atoms with Crippen molar-refractivity contribution in [2.75, 3.05) is 31.1 Å². The van der Waals surface area contributed by atoms with E-state index in [1.165, 1.54) is 28.9 Å². The number of aryl methyl sites for hydroxylation is 1. The quantitative estimate of drug-likeness (QED) is 0.438. The van der Waals surface area contributed by atoms with Crippen LogP contribution >= 0.6 is 0 Å². The summed E-state index contributed by atoms with van der Waals surface area (Å²) < 4.78 is 28.4. The normalized spacial score (nSPS) is 13.8. The molecular weight excluding hydrogens is 450 g/mol. The largest absolute Gasteiger partial charge is 0.353 e. The van der Waals surface area contributed by atoms with Gasteiger partial charge in [-0.25, -0.2) is 23.4 Å². The average Bonchev–Trinajstić information content (AvgIpc) is 3.29. The number of amides is 1. The van der Waals surface area contributed by atoms with Crippen molar-refractivity contribution in [2.24, 2.45) is 0 Å². The number of carbonyl (C=O) groups is 1. The van der Waals surface area contributed by atoms with E-state index in [2.05, 4.69) is 20.0 Å². The van der Waals surface area contributed by atoms with Crippen LogP contribution in [0.2, 0.25) is 0 Å². The van der Waals surface area contributed by atoms with Crippen LogP contribution in [-0.4, -0.2) is 56.7 Å². The number of hydrogen-bond acceptors (Lipinski definition) is 5. The molecule has 1 amide bonds. The van der Waals surface area contributed by atoms with Crippen LogP contribution in [-0.2, 0) is 11.3 Å². The van der Waals surface area contributed by atoms with Gasteiger partial charge in [-0.3, -0.25) is 4.79 Å². The Bertz CT molecular complexity index is 1310. The van der Waals surface area contributed by atoms with Crippen molar-refractivity contribution in [3.8, 4) is 22.8 Å². The predicted molar refractivity (Wildman–Crippen MR) is 129 cm³/mol. The number of halogens is 2. The highest BCUT2D eigenvalue weighted by molar-refractivity contribution is 5.77. The van der Waals surface area contributed by atoms with E-state index >= 15 is 0 Å².